The molecule has 0 spiro atoms. The van der Waals surface area contributed by atoms with Crippen molar-refractivity contribution in [3.63, 3.8) is 0 Å². The molecule has 102 valence electrons. The van der Waals surface area contributed by atoms with Crippen molar-refractivity contribution in [3.8, 4) is 28.4 Å². The van der Waals surface area contributed by atoms with Crippen LogP contribution < -0.4 is 9.47 Å². The standard InChI is InChI=1S/C19H14O2/c1-2-8-15(9-3-1)21-18-12-6-11-17-19(18)16-10-5-4-7-14(16)13-20-17/h1-12H,13H2. The number of benzene rings is 3. The number of rotatable bonds is 2. The van der Waals surface area contributed by atoms with E-state index in [9.17, 15) is 0 Å². The highest BCUT2D eigenvalue weighted by Crippen LogP contribution is 2.44. The zero-order chi connectivity index (χ0) is 14.1. The zero-order valence-corrected chi connectivity index (χ0v) is 11.5. The molecule has 3 aromatic carbocycles. The smallest absolute Gasteiger partial charge is 0.139 e. The third-order valence-corrected chi connectivity index (χ3v) is 3.63. The Hall–Kier alpha value is -2.74. The van der Waals surface area contributed by atoms with Gasteiger partial charge < -0.3 is 9.47 Å². The molecule has 2 heteroatoms. The molecule has 0 fully saturated rings. The van der Waals surface area contributed by atoms with Crippen molar-refractivity contribution in [1.29, 1.82) is 0 Å². The molecule has 1 aliphatic rings. The van der Waals surface area contributed by atoms with Crippen molar-refractivity contribution in [1.82, 2.24) is 0 Å². The van der Waals surface area contributed by atoms with Gasteiger partial charge in [-0.3, -0.25) is 0 Å². The summed E-state index contributed by atoms with van der Waals surface area (Å²) < 4.78 is 11.9. The highest BCUT2D eigenvalue weighted by atomic mass is 16.5. The molecule has 0 bridgehead atoms. The van der Waals surface area contributed by atoms with Crippen LogP contribution in [0.15, 0.2) is 72.8 Å². The maximum atomic E-state index is 6.05. The third-order valence-electron chi connectivity index (χ3n) is 3.63. The van der Waals surface area contributed by atoms with Gasteiger partial charge in [0.15, 0.2) is 0 Å². The van der Waals surface area contributed by atoms with Gasteiger partial charge in [0.2, 0.25) is 0 Å². The van der Waals surface area contributed by atoms with Crippen LogP contribution in [0.3, 0.4) is 0 Å². The van der Waals surface area contributed by atoms with E-state index in [0.717, 1.165) is 22.8 Å². The molecular formula is C19H14O2. The number of hydrogen-bond donors (Lipinski definition) is 0. The van der Waals surface area contributed by atoms with E-state index in [0.29, 0.717) is 6.61 Å². The molecule has 3 aromatic rings. The summed E-state index contributed by atoms with van der Waals surface area (Å²) in [5.41, 5.74) is 3.41. The summed E-state index contributed by atoms with van der Waals surface area (Å²) in [6, 6.07) is 24.1. The van der Waals surface area contributed by atoms with Gasteiger partial charge in [0.1, 0.15) is 23.9 Å². The van der Waals surface area contributed by atoms with Crippen LogP contribution in [-0.4, -0.2) is 0 Å². The van der Waals surface area contributed by atoms with Crippen LogP contribution in [0.25, 0.3) is 11.1 Å². The molecule has 0 aliphatic carbocycles. The monoisotopic (exact) mass is 274 g/mol. The van der Waals surface area contributed by atoms with Crippen LogP contribution >= 0.6 is 0 Å². The van der Waals surface area contributed by atoms with Crippen LogP contribution in [-0.2, 0) is 6.61 Å². The van der Waals surface area contributed by atoms with Crippen molar-refractivity contribution < 1.29 is 9.47 Å². The molecule has 0 saturated heterocycles. The maximum absolute atomic E-state index is 6.05. The third kappa shape index (κ3) is 2.15. The fourth-order valence-electron chi connectivity index (χ4n) is 2.64. The minimum atomic E-state index is 0.609. The molecule has 0 radical (unpaired) electrons. The lowest BCUT2D eigenvalue weighted by Crippen LogP contribution is -2.06. The van der Waals surface area contributed by atoms with Crippen molar-refractivity contribution in [2.45, 2.75) is 6.61 Å². The minimum absolute atomic E-state index is 0.609. The zero-order valence-electron chi connectivity index (χ0n) is 11.5. The first-order chi connectivity index (χ1) is 10.4. The molecule has 2 nitrogen and oxygen atoms in total. The second-order valence-electron chi connectivity index (χ2n) is 4.99. The lowest BCUT2D eigenvalue weighted by molar-refractivity contribution is 0.300. The second-order valence-corrected chi connectivity index (χ2v) is 4.99. The summed E-state index contributed by atoms with van der Waals surface area (Å²) >= 11 is 0. The van der Waals surface area contributed by atoms with E-state index in [4.69, 9.17) is 9.47 Å². The molecule has 0 aromatic heterocycles. The highest BCUT2D eigenvalue weighted by Gasteiger charge is 2.21. The minimum Gasteiger partial charge on any atom is -0.488 e. The van der Waals surface area contributed by atoms with Gasteiger partial charge in [0.25, 0.3) is 0 Å². The number of fused-ring (bicyclic) bond motifs is 3. The molecule has 1 aliphatic heterocycles. The molecule has 21 heavy (non-hydrogen) atoms. The topological polar surface area (TPSA) is 18.5 Å². The van der Waals surface area contributed by atoms with E-state index in [-0.39, 0.29) is 0 Å². The Balaban J connectivity index is 1.84. The van der Waals surface area contributed by atoms with E-state index in [1.54, 1.807) is 0 Å². The van der Waals surface area contributed by atoms with Gasteiger partial charge in [0.05, 0.1) is 5.56 Å². The van der Waals surface area contributed by atoms with Crippen LogP contribution in [0.1, 0.15) is 5.56 Å². The number of para-hydroxylation sites is 1. The lowest BCUT2D eigenvalue weighted by atomic mass is 9.96. The Morgan fingerprint density at radius 3 is 2.48 bits per heavy atom. The average Bonchev–Trinajstić information content (AvgIpc) is 2.56. The fraction of sp³-hybridized carbons (Fsp3) is 0.0526. The number of ether oxygens (including phenoxy) is 2. The molecule has 0 saturated carbocycles. The Morgan fingerprint density at radius 2 is 1.57 bits per heavy atom. The summed E-state index contributed by atoms with van der Waals surface area (Å²) in [5.74, 6) is 2.53. The van der Waals surface area contributed by atoms with E-state index in [1.165, 1.54) is 11.1 Å². The van der Waals surface area contributed by atoms with Crippen molar-refractivity contribution >= 4 is 0 Å². The first kappa shape index (κ1) is 12.0. The summed E-state index contributed by atoms with van der Waals surface area (Å²) in [6.07, 6.45) is 0. The molecule has 0 amide bonds. The summed E-state index contributed by atoms with van der Waals surface area (Å²) in [5, 5.41) is 0. The normalized spacial score (nSPS) is 12.0. The molecule has 0 unspecified atom stereocenters. The fourth-order valence-corrected chi connectivity index (χ4v) is 2.64. The first-order valence-electron chi connectivity index (χ1n) is 6.99. The van der Waals surface area contributed by atoms with Crippen LogP contribution in [0, 0.1) is 0 Å². The first-order valence-corrected chi connectivity index (χ1v) is 6.99. The largest absolute Gasteiger partial charge is 0.488 e. The highest BCUT2D eigenvalue weighted by molar-refractivity contribution is 5.80. The summed E-state index contributed by atoms with van der Waals surface area (Å²) in [7, 11) is 0. The molecule has 4 rings (SSSR count). The lowest BCUT2D eigenvalue weighted by Gasteiger charge is -2.23. The Labute approximate surface area is 123 Å². The summed E-state index contributed by atoms with van der Waals surface area (Å²) in [4.78, 5) is 0. The predicted octanol–water partition coefficient (Wildman–Crippen LogP) is 5.04. The van der Waals surface area contributed by atoms with Gasteiger partial charge >= 0.3 is 0 Å². The quantitative estimate of drug-likeness (QED) is 0.652. The van der Waals surface area contributed by atoms with Crippen molar-refractivity contribution in [2.75, 3.05) is 0 Å². The van der Waals surface area contributed by atoms with Crippen molar-refractivity contribution in [3.05, 3.63) is 78.4 Å². The molecular weight excluding hydrogens is 260 g/mol. The second kappa shape index (κ2) is 4.98. The molecule has 0 atom stereocenters. The van der Waals surface area contributed by atoms with Crippen LogP contribution in [0.4, 0.5) is 0 Å². The number of hydrogen-bond acceptors (Lipinski definition) is 2. The van der Waals surface area contributed by atoms with E-state index in [1.807, 2.05) is 60.7 Å². The average molecular weight is 274 g/mol. The van der Waals surface area contributed by atoms with Crippen molar-refractivity contribution in [2.24, 2.45) is 0 Å². The van der Waals surface area contributed by atoms with Gasteiger partial charge in [0, 0.05) is 0 Å². The Bertz CT molecular complexity index is 779. The maximum Gasteiger partial charge on any atom is 0.139 e. The van der Waals surface area contributed by atoms with Gasteiger partial charge in [-0.2, -0.15) is 0 Å². The van der Waals surface area contributed by atoms with Gasteiger partial charge in [-0.05, 0) is 35.4 Å². The summed E-state index contributed by atoms with van der Waals surface area (Å²) in [6.45, 7) is 0.609. The molecule has 0 N–H and O–H groups in total. The molecule has 1 heterocycles. The van der Waals surface area contributed by atoms with E-state index >= 15 is 0 Å². The van der Waals surface area contributed by atoms with Crippen LogP contribution in [0.2, 0.25) is 0 Å². The van der Waals surface area contributed by atoms with Gasteiger partial charge in [-0.15, -0.1) is 0 Å². The Kier molecular flexibility index (Phi) is 2.86. The predicted molar refractivity (Wildman–Crippen MR) is 82.7 cm³/mol. The Morgan fingerprint density at radius 1 is 0.762 bits per heavy atom. The van der Waals surface area contributed by atoms with Gasteiger partial charge in [-0.1, -0.05) is 48.5 Å². The van der Waals surface area contributed by atoms with E-state index in [2.05, 4.69) is 12.1 Å². The van der Waals surface area contributed by atoms with E-state index < -0.39 is 0 Å². The SMILES string of the molecule is c1ccc(Oc2cccc3c2-c2ccccc2CO3)cc1. The van der Waals surface area contributed by atoms with Gasteiger partial charge in [-0.25, -0.2) is 0 Å². The van der Waals surface area contributed by atoms with Crippen LogP contribution in [0.5, 0.6) is 17.2 Å².